The summed E-state index contributed by atoms with van der Waals surface area (Å²) in [5, 5.41) is 3.73. The Balaban J connectivity index is 2.15. The van der Waals surface area contributed by atoms with E-state index in [1.54, 1.807) is 12.3 Å². The van der Waals surface area contributed by atoms with E-state index in [1.807, 2.05) is 24.3 Å². The fraction of sp³-hybridized carbons (Fsp3) is 0.200. The van der Waals surface area contributed by atoms with Crippen LogP contribution in [0.15, 0.2) is 36.5 Å². The summed E-state index contributed by atoms with van der Waals surface area (Å²) < 4.78 is 0. The molecule has 0 saturated heterocycles. The summed E-state index contributed by atoms with van der Waals surface area (Å²) in [6.45, 7) is 0.597. The van der Waals surface area contributed by atoms with Crippen molar-refractivity contribution < 1.29 is 4.79 Å². The first-order valence-corrected chi connectivity index (χ1v) is 5.88. The summed E-state index contributed by atoms with van der Waals surface area (Å²) >= 11 is 0. The van der Waals surface area contributed by atoms with Crippen LogP contribution in [0.2, 0.25) is 0 Å². The lowest BCUT2D eigenvalue weighted by Gasteiger charge is -2.06. The Morgan fingerprint density at radius 1 is 1.33 bits per heavy atom. The Kier molecular flexibility index (Phi) is 3.93. The van der Waals surface area contributed by atoms with Gasteiger partial charge in [-0.25, -0.2) is 0 Å². The predicted octanol–water partition coefficient (Wildman–Crippen LogP) is 2.38. The minimum absolute atomic E-state index is 0.0781. The zero-order chi connectivity index (χ0) is 12.8. The molecule has 3 heteroatoms. The van der Waals surface area contributed by atoms with Gasteiger partial charge in [0.25, 0.3) is 5.91 Å². The molecule has 1 aromatic carbocycles. The normalized spacial score (nSPS) is 9.94. The minimum Gasteiger partial charge on any atom is -0.352 e. The number of pyridine rings is 1. The van der Waals surface area contributed by atoms with Gasteiger partial charge in [-0.15, -0.1) is 12.3 Å². The van der Waals surface area contributed by atoms with Crippen molar-refractivity contribution in [2.24, 2.45) is 0 Å². The van der Waals surface area contributed by atoms with Crippen LogP contribution in [0.1, 0.15) is 23.2 Å². The molecule has 0 aliphatic rings. The summed E-state index contributed by atoms with van der Waals surface area (Å²) in [5.74, 6) is 2.47. The number of rotatable bonds is 4. The number of hydrogen-bond acceptors (Lipinski definition) is 2. The predicted molar refractivity (Wildman–Crippen MR) is 72.1 cm³/mol. The van der Waals surface area contributed by atoms with Crippen LogP contribution in [0.3, 0.4) is 0 Å². The number of hydrogen-bond donors (Lipinski definition) is 1. The molecule has 2 aromatic rings. The molecule has 0 bridgehead atoms. The van der Waals surface area contributed by atoms with Crippen molar-refractivity contribution in [2.75, 3.05) is 6.54 Å². The number of aromatic nitrogens is 1. The van der Waals surface area contributed by atoms with Crippen LogP contribution in [-0.2, 0) is 0 Å². The lowest BCUT2D eigenvalue weighted by molar-refractivity contribution is 0.0955. The second-order valence-corrected chi connectivity index (χ2v) is 3.94. The number of carbonyl (C=O) groups excluding carboxylic acids is 1. The smallest absolute Gasteiger partial charge is 0.252 e. The fourth-order valence-electron chi connectivity index (χ4n) is 1.78. The molecule has 0 fully saturated rings. The van der Waals surface area contributed by atoms with Crippen molar-refractivity contribution in [3.8, 4) is 12.3 Å². The lowest BCUT2D eigenvalue weighted by Crippen LogP contribution is -2.24. The van der Waals surface area contributed by atoms with E-state index in [0.717, 1.165) is 17.3 Å². The molecule has 0 spiro atoms. The van der Waals surface area contributed by atoms with E-state index in [2.05, 4.69) is 16.2 Å². The Morgan fingerprint density at radius 3 is 3.00 bits per heavy atom. The third-order valence-electron chi connectivity index (χ3n) is 2.68. The molecule has 0 atom stereocenters. The zero-order valence-corrected chi connectivity index (χ0v) is 10.0. The van der Waals surface area contributed by atoms with Crippen LogP contribution in [0.4, 0.5) is 0 Å². The number of terminal acetylenes is 1. The molecule has 90 valence electrons. The number of benzene rings is 1. The molecule has 1 heterocycles. The van der Waals surface area contributed by atoms with Crippen molar-refractivity contribution in [2.45, 2.75) is 12.8 Å². The molecule has 2 rings (SSSR count). The maximum Gasteiger partial charge on any atom is 0.252 e. The maximum atomic E-state index is 12.0. The average molecular weight is 238 g/mol. The van der Waals surface area contributed by atoms with Crippen molar-refractivity contribution in [1.82, 2.24) is 10.3 Å². The third-order valence-corrected chi connectivity index (χ3v) is 2.68. The molecule has 1 N–H and O–H groups in total. The number of nitrogens with one attached hydrogen (secondary N) is 1. The third kappa shape index (κ3) is 2.67. The SMILES string of the molecule is C#CCCCNC(=O)c1ccnc2ccccc12. The highest BCUT2D eigenvalue weighted by Gasteiger charge is 2.08. The lowest BCUT2D eigenvalue weighted by atomic mass is 10.1. The number of carbonyl (C=O) groups is 1. The molecule has 0 saturated carbocycles. The first-order valence-electron chi connectivity index (χ1n) is 5.88. The van der Waals surface area contributed by atoms with Crippen LogP contribution in [0.25, 0.3) is 10.9 Å². The van der Waals surface area contributed by atoms with E-state index in [-0.39, 0.29) is 5.91 Å². The van der Waals surface area contributed by atoms with Crippen molar-refractivity contribution >= 4 is 16.8 Å². The first kappa shape index (κ1) is 12.1. The molecule has 3 nitrogen and oxygen atoms in total. The van der Waals surface area contributed by atoms with Gasteiger partial charge in [0.15, 0.2) is 0 Å². The van der Waals surface area contributed by atoms with E-state index in [1.165, 1.54) is 0 Å². The summed E-state index contributed by atoms with van der Waals surface area (Å²) in [6.07, 6.45) is 8.29. The Labute approximate surface area is 106 Å². The van der Waals surface area contributed by atoms with Crippen LogP contribution in [0.5, 0.6) is 0 Å². The fourth-order valence-corrected chi connectivity index (χ4v) is 1.78. The highest BCUT2D eigenvalue weighted by Crippen LogP contribution is 2.15. The van der Waals surface area contributed by atoms with Gasteiger partial charge in [-0.3, -0.25) is 9.78 Å². The summed E-state index contributed by atoms with van der Waals surface area (Å²) in [4.78, 5) is 16.3. The maximum absolute atomic E-state index is 12.0. The van der Waals surface area contributed by atoms with Crippen LogP contribution < -0.4 is 5.32 Å². The van der Waals surface area contributed by atoms with Gasteiger partial charge >= 0.3 is 0 Å². The molecule has 1 aromatic heterocycles. The van der Waals surface area contributed by atoms with Gasteiger partial charge in [-0.05, 0) is 18.6 Å². The van der Waals surface area contributed by atoms with Gasteiger partial charge in [0.1, 0.15) is 0 Å². The van der Waals surface area contributed by atoms with Gasteiger partial charge < -0.3 is 5.32 Å². The highest BCUT2D eigenvalue weighted by atomic mass is 16.1. The highest BCUT2D eigenvalue weighted by molar-refractivity contribution is 6.05. The average Bonchev–Trinajstić information content (AvgIpc) is 2.43. The van der Waals surface area contributed by atoms with Crippen LogP contribution in [-0.4, -0.2) is 17.4 Å². The summed E-state index contributed by atoms with van der Waals surface area (Å²) in [7, 11) is 0. The second-order valence-electron chi connectivity index (χ2n) is 3.94. The molecular formula is C15H14N2O. The number of para-hydroxylation sites is 1. The number of amides is 1. The van der Waals surface area contributed by atoms with Crippen molar-refractivity contribution in [3.63, 3.8) is 0 Å². The van der Waals surface area contributed by atoms with E-state index >= 15 is 0 Å². The zero-order valence-electron chi connectivity index (χ0n) is 10.0. The molecule has 18 heavy (non-hydrogen) atoms. The van der Waals surface area contributed by atoms with Gasteiger partial charge in [-0.1, -0.05) is 18.2 Å². The Bertz CT molecular complexity index is 593. The quantitative estimate of drug-likeness (QED) is 0.656. The molecule has 0 radical (unpaired) electrons. The van der Waals surface area contributed by atoms with Gasteiger partial charge in [0.2, 0.25) is 0 Å². The minimum atomic E-state index is -0.0781. The number of fused-ring (bicyclic) bond motifs is 1. The molecule has 0 aliphatic carbocycles. The molecule has 1 amide bonds. The van der Waals surface area contributed by atoms with Crippen LogP contribution >= 0.6 is 0 Å². The van der Waals surface area contributed by atoms with Gasteiger partial charge in [-0.2, -0.15) is 0 Å². The van der Waals surface area contributed by atoms with Crippen LogP contribution in [0, 0.1) is 12.3 Å². The number of nitrogens with zero attached hydrogens (tertiary/aromatic N) is 1. The summed E-state index contributed by atoms with van der Waals surface area (Å²) in [6, 6.07) is 9.34. The monoisotopic (exact) mass is 238 g/mol. The first-order chi connectivity index (χ1) is 8.83. The largest absolute Gasteiger partial charge is 0.352 e. The topological polar surface area (TPSA) is 42.0 Å². The number of unbranched alkanes of at least 4 members (excludes halogenated alkanes) is 1. The summed E-state index contributed by atoms with van der Waals surface area (Å²) in [5.41, 5.74) is 1.48. The Hall–Kier alpha value is -2.34. The van der Waals surface area contributed by atoms with Crippen molar-refractivity contribution in [1.29, 1.82) is 0 Å². The van der Waals surface area contributed by atoms with Crippen molar-refractivity contribution in [3.05, 3.63) is 42.1 Å². The van der Waals surface area contributed by atoms with E-state index in [9.17, 15) is 4.79 Å². The van der Waals surface area contributed by atoms with E-state index < -0.39 is 0 Å². The molecular weight excluding hydrogens is 224 g/mol. The molecule has 0 unspecified atom stereocenters. The standard InChI is InChI=1S/C15H14N2O/c1-2-3-6-10-17-15(18)13-9-11-16-14-8-5-4-7-12(13)14/h1,4-5,7-9,11H,3,6,10H2,(H,17,18). The Morgan fingerprint density at radius 2 is 2.17 bits per heavy atom. The van der Waals surface area contributed by atoms with Gasteiger partial charge in [0.05, 0.1) is 11.1 Å². The van der Waals surface area contributed by atoms with E-state index in [0.29, 0.717) is 18.5 Å². The molecule has 0 aliphatic heterocycles. The van der Waals surface area contributed by atoms with Gasteiger partial charge in [0, 0.05) is 24.5 Å². The second kappa shape index (κ2) is 5.83. The van der Waals surface area contributed by atoms with E-state index in [4.69, 9.17) is 6.42 Å².